The van der Waals surface area contributed by atoms with Gasteiger partial charge in [-0.3, -0.25) is 9.59 Å². The van der Waals surface area contributed by atoms with E-state index in [0.717, 1.165) is 24.8 Å². The van der Waals surface area contributed by atoms with Crippen LogP contribution in [0.3, 0.4) is 0 Å². The van der Waals surface area contributed by atoms with Crippen LogP contribution >= 0.6 is 0 Å². The Morgan fingerprint density at radius 1 is 1.18 bits per heavy atom. The molecule has 2 aliphatic rings. The fourth-order valence-corrected chi connectivity index (χ4v) is 3.83. The number of benzene rings is 2. The Morgan fingerprint density at radius 3 is 2.82 bits per heavy atom. The Hall–Kier alpha value is -2.86. The van der Waals surface area contributed by atoms with Crippen LogP contribution in [0.15, 0.2) is 42.5 Å². The zero-order chi connectivity index (χ0) is 19.5. The topological polar surface area (TPSA) is 67.9 Å². The Kier molecular flexibility index (Phi) is 5.30. The van der Waals surface area contributed by atoms with Crippen LogP contribution < -0.4 is 10.1 Å². The number of ether oxygens (including phenoxy) is 2. The number of hydrogen-bond donors (Lipinski definition) is 1. The summed E-state index contributed by atoms with van der Waals surface area (Å²) >= 11 is 0. The maximum absolute atomic E-state index is 12.6. The summed E-state index contributed by atoms with van der Waals surface area (Å²) < 4.78 is 10.8. The first kappa shape index (κ1) is 18.5. The van der Waals surface area contributed by atoms with Crippen molar-refractivity contribution < 1.29 is 19.1 Å². The van der Waals surface area contributed by atoms with Crippen LogP contribution in [-0.4, -0.2) is 43.1 Å². The van der Waals surface area contributed by atoms with Gasteiger partial charge < -0.3 is 19.7 Å². The van der Waals surface area contributed by atoms with Crippen molar-refractivity contribution in [3.8, 4) is 5.75 Å². The molecule has 2 amide bonds. The first-order chi connectivity index (χ1) is 13.7. The largest absolute Gasteiger partial charge is 0.496 e. The lowest BCUT2D eigenvalue weighted by Crippen LogP contribution is -2.41. The smallest absolute Gasteiger partial charge is 0.259 e. The van der Waals surface area contributed by atoms with E-state index < -0.39 is 0 Å². The molecule has 0 spiro atoms. The average molecular weight is 380 g/mol. The molecule has 0 unspecified atom stereocenters. The molecule has 2 aromatic carbocycles. The van der Waals surface area contributed by atoms with Gasteiger partial charge in [0, 0.05) is 25.4 Å². The van der Waals surface area contributed by atoms with Crippen molar-refractivity contribution in [1.29, 1.82) is 0 Å². The second-order valence-corrected chi connectivity index (χ2v) is 7.15. The highest BCUT2D eigenvalue weighted by Gasteiger charge is 2.30. The normalized spacial score (nSPS) is 18.5. The van der Waals surface area contributed by atoms with Crippen molar-refractivity contribution in [1.82, 2.24) is 4.90 Å². The van der Waals surface area contributed by atoms with Gasteiger partial charge in [-0.25, -0.2) is 0 Å². The summed E-state index contributed by atoms with van der Waals surface area (Å²) in [4.78, 5) is 27.1. The van der Waals surface area contributed by atoms with E-state index in [9.17, 15) is 9.59 Å². The number of amides is 2. The predicted octanol–water partition coefficient (Wildman–Crippen LogP) is 3.01. The van der Waals surface area contributed by atoms with E-state index in [0.29, 0.717) is 36.7 Å². The molecule has 1 fully saturated rings. The molecule has 146 valence electrons. The van der Waals surface area contributed by atoms with Gasteiger partial charge in [-0.05, 0) is 54.7 Å². The minimum absolute atomic E-state index is 0.0756. The summed E-state index contributed by atoms with van der Waals surface area (Å²) in [6, 6.07) is 13.0. The van der Waals surface area contributed by atoms with E-state index in [1.54, 1.807) is 25.3 Å². The lowest BCUT2D eigenvalue weighted by Gasteiger charge is -2.31. The van der Waals surface area contributed by atoms with Gasteiger partial charge in [0.15, 0.2) is 0 Å². The Balaban J connectivity index is 1.48. The third-order valence-electron chi connectivity index (χ3n) is 5.34. The average Bonchev–Trinajstić information content (AvgIpc) is 3.27. The van der Waals surface area contributed by atoms with E-state index in [2.05, 4.69) is 5.32 Å². The van der Waals surface area contributed by atoms with Crippen molar-refractivity contribution in [2.75, 3.05) is 25.6 Å². The molecular formula is C22H24N2O4. The van der Waals surface area contributed by atoms with E-state index in [4.69, 9.17) is 9.47 Å². The second-order valence-electron chi connectivity index (χ2n) is 7.15. The monoisotopic (exact) mass is 380 g/mol. The molecule has 2 heterocycles. The molecule has 0 aliphatic carbocycles. The van der Waals surface area contributed by atoms with Gasteiger partial charge in [0.1, 0.15) is 11.9 Å². The zero-order valence-electron chi connectivity index (χ0n) is 15.9. The molecule has 0 radical (unpaired) electrons. The molecule has 0 saturated carbocycles. The van der Waals surface area contributed by atoms with Gasteiger partial charge in [0.2, 0.25) is 0 Å². The Bertz CT molecular complexity index is 890. The summed E-state index contributed by atoms with van der Waals surface area (Å²) in [5.74, 6) is 0.387. The fourth-order valence-electron chi connectivity index (χ4n) is 3.83. The molecule has 6 heteroatoms. The lowest BCUT2D eigenvalue weighted by molar-refractivity contribution is -0.141. The van der Waals surface area contributed by atoms with Crippen LogP contribution in [0.2, 0.25) is 0 Å². The number of fused-ring (bicyclic) bond motifs is 1. The van der Waals surface area contributed by atoms with E-state index in [1.807, 2.05) is 29.2 Å². The van der Waals surface area contributed by atoms with E-state index in [-0.39, 0.29) is 17.9 Å². The molecular weight excluding hydrogens is 356 g/mol. The number of carbonyl (C=O) groups excluding carboxylic acids is 2. The summed E-state index contributed by atoms with van der Waals surface area (Å²) in [7, 11) is 1.55. The van der Waals surface area contributed by atoms with Crippen molar-refractivity contribution in [3.63, 3.8) is 0 Å². The number of para-hydroxylation sites is 1. The van der Waals surface area contributed by atoms with E-state index >= 15 is 0 Å². The lowest BCUT2D eigenvalue weighted by atomic mass is 9.98. The highest BCUT2D eigenvalue weighted by Crippen LogP contribution is 2.26. The van der Waals surface area contributed by atoms with Crippen LogP contribution in [0.4, 0.5) is 5.69 Å². The Morgan fingerprint density at radius 2 is 2.04 bits per heavy atom. The van der Waals surface area contributed by atoms with Crippen LogP contribution in [0.1, 0.15) is 34.3 Å². The maximum atomic E-state index is 12.6. The highest BCUT2D eigenvalue weighted by molar-refractivity contribution is 6.06. The van der Waals surface area contributed by atoms with Gasteiger partial charge in [0.05, 0.1) is 12.7 Å². The number of carbonyl (C=O) groups is 2. The van der Waals surface area contributed by atoms with Crippen LogP contribution in [0.25, 0.3) is 0 Å². The summed E-state index contributed by atoms with van der Waals surface area (Å²) in [6.07, 6.45) is 2.26. The first-order valence-electron chi connectivity index (χ1n) is 9.62. The van der Waals surface area contributed by atoms with Gasteiger partial charge in [-0.2, -0.15) is 0 Å². The summed E-state index contributed by atoms with van der Waals surface area (Å²) in [5.41, 5.74) is 3.47. The molecule has 1 N–H and O–H groups in total. The minimum Gasteiger partial charge on any atom is -0.496 e. The number of hydrogen-bond acceptors (Lipinski definition) is 4. The second kappa shape index (κ2) is 8.02. The van der Waals surface area contributed by atoms with Crippen molar-refractivity contribution in [2.45, 2.75) is 31.9 Å². The number of anilines is 1. The maximum Gasteiger partial charge on any atom is 0.259 e. The molecule has 4 rings (SSSR count). The van der Waals surface area contributed by atoms with Crippen LogP contribution in [0, 0.1) is 0 Å². The van der Waals surface area contributed by atoms with Gasteiger partial charge in [-0.15, -0.1) is 0 Å². The van der Waals surface area contributed by atoms with Crippen LogP contribution in [-0.2, 0) is 22.5 Å². The first-order valence-corrected chi connectivity index (χ1v) is 9.62. The number of rotatable bonds is 4. The molecule has 2 aliphatic heterocycles. The Labute approximate surface area is 164 Å². The molecule has 28 heavy (non-hydrogen) atoms. The van der Waals surface area contributed by atoms with Gasteiger partial charge in [-0.1, -0.05) is 18.2 Å². The number of nitrogens with one attached hydrogen (secondary N) is 1. The summed E-state index contributed by atoms with van der Waals surface area (Å²) in [5, 5.41) is 2.94. The van der Waals surface area contributed by atoms with Gasteiger partial charge in [0.25, 0.3) is 11.8 Å². The van der Waals surface area contributed by atoms with Crippen molar-refractivity contribution in [3.05, 3.63) is 59.2 Å². The third-order valence-corrected chi connectivity index (χ3v) is 5.34. The highest BCUT2D eigenvalue weighted by atomic mass is 16.5. The van der Waals surface area contributed by atoms with Crippen molar-refractivity contribution >= 4 is 17.5 Å². The molecule has 1 saturated heterocycles. The van der Waals surface area contributed by atoms with Gasteiger partial charge >= 0.3 is 0 Å². The third kappa shape index (κ3) is 3.73. The number of nitrogens with zero attached hydrogens (tertiary/aromatic N) is 1. The van der Waals surface area contributed by atoms with E-state index in [1.165, 1.54) is 5.56 Å². The minimum atomic E-state index is -0.296. The standard InChI is InChI=1S/C22H24N2O4/c1-27-19-6-3-2-5-18(19)21(25)23-17-9-8-15-10-11-24(14-16(15)13-17)22(26)20-7-4-12-28-20/h2-3,5-6,8-9,13,20H,4,7,10-12,14H2,1H3,(H,23,25)/t20-/m1/s1. The molecule has 0 bridgehead atoms. The fraction of sp³-hybridized carbons (Fsp3) is 0.364. The molecule has 0 aromatic heterocycles. The molecule has 1 atom stereocenters. The predicted molar refractivity (Wildman–Crippen MR) is 105 cm³/mol. The van der Waals surface area contributed by atoms with Crippen LogP contribution in [0.5, 0.6) is 5.75 Å². The zero-order valence-corrected chi connectivity index (χ0v) is 15.9. The SMILES string of the molecule is COc1ccccc1C(=O)Nc1ccc2c(c1)CN(C(=O)[C@H]1CCCO1)CC2. The molecule has 6 nitrogen and oxygen atoms in total. The molecule has 2 aromatic rings. The summed E-state index contributed by atoms with van der Waals surface area (Å²) in [6.45, 7) is 1.92. The number of methoxy groups -OCH3 is 1. The van der Waals surface area contributed by atoms with Crippen molar-refractivity contribution in [2.24, 2.45) is 0 Å². The quantitative estimate of drug-likeness (QED) is 0.885.